The quantitative estimate of drug-likeness (QED) is 0.803. The van der Waals surface area contributed by atoms with E-state index >= 15 is 0 Å². The molecule has 3 nitrogen and oxygen atoms in total. The molecule has 2 rings (SSSR count). The molecule has 1 unspecified atom stereocenters. The largest absolute Gasteiger partial charge is 0.378 e. The van der Waals surface area contributed by atoms with E-state index < -0.39 is 11.9 Å². The molecule has 1 aliphatic heterocycles. The van der Waals surface area contributed by atoms with Gasteiger partial charge in [0.1, 0.15) is 5.82 Å². The standard InChI is InChI=1S/C11H11ClFNO2/c12-7-1-2-9(13)8(5-7)11(15)10-6-16-4-3-14-10/h1-2,5,10,14H,3-4,6H2. The molecule has 0 saturated carbocycles. The van der Waals surface area contributed by atoms with Gasteiger partial charge in [-0.05, 0) is 18.2 Å². The first-order valence-electron chi connectivity index (χ1n) is 4.99. The topological polar surface area (TPSA) is 38.3 Å². The maximum Gasteiger partial charge on any atom is 0.185 e. The fraction of sp³-hybridized carbons (Fsp3) is 0.364. The van der Waals surface area contributed by atoms with Crippen molar-refractivity contribution in [2.24, 2.45) is 0 Å². The molecule has 1 aromatic rings. The Labute approximate surface area is 97.5 Å². The zero-order valence-corrected chi connectivity index (χ0v) is 9.26. The van der Waals surface area contributed by atoms with E-state index in [4.69, 9.17) is 16.3 Å². The molecule has 1 N–H and O–H groups in total. The lowest BCUT2D eigenvalue weighted by atomic mass is 10.0. The third kappa shape index (κ3) is 2.40. The van der Waals surface area contributed by atoms with Crippen molar-refractivity contribution in [1.29, 1.82) is 0 Å². The zero-order chi connectivity index (χ0) is 11.5. The van der Waals surface area contributed by atoms with Crippen molar-refractivity contribution in [3.8, 4) is 0 Å². The third-order valence-electron chi connectivity index (χ3n) is 2.43. The normalized spacial score (nSPS) is 20.8. The van der Waals surface area contributed by atoms with E-state index in [2.05, 4.69) is 5.32 Å². The van der Waals surface area contributed by atoms with Crippen molar-refractivity contribution in [2.75, 3.05) is 19.8 Å². The lowest BCUT2D eigenvalue weighted by Crippen LogP contribution is -2.46. The fourth-order valence-corrected chi connectivity index (χ4v) is 1.78. The van der Waals surface area contributed by atoms with Gasteiger partial charge in [-0.1, -0.05) is 11.6 Å². The predicted molar refractivity (Wildman–Crippen MR) is 58.4 cm³/mol. The van der Waals surface area contributed by atoms with Crippen molar-refractivity contribution >= 4 is 17.4 Å². The highest BCUT2D eigenvalue weighted by Crippen LogP contribution is 2.17. The highest BCUT2D eigenvalue weighted by molar-refractivity contribution is 6.31. The lowest BCUT2D eigenvalue weighted by Gasteiger charge is -2.22. The highest BCUT2D eigenvalue weighted by atomic mass is 35.5. The summed E-state index contributed by atoms with van der Waals surface area (Å²) in [5.74, 6) is -0.874. The maximum absolute atomic E-state index is 13.4. The molecule has 0 aliphatic carbocycles. The molecule has 0 aromatic heterocycles. The van der Waals surface area contributed by atoms with Gasteiger partial charge in [-0.25, -0.2) is 4.39 Å². The number of carbonyl (C=O) groups is 1. The van der Waals surface area contributed by atoms with E-state index in [9.17, 15) is 9.18 Å². The number of ketones is 1. The lowest BCUT2D eigenvalue weighted by molar-refractivity contribution is 0.0605. The van der Waals surface area contributed by atoms with Crippen LogP contribution >= 0.6 is 11.6 Å². The number of carbonyl (C=O) groups excluding carboxylic acids is 1. The van der Waals surface area contributed by atoms with E-state index in [-0.39, 0.29) is 18.0 Å². The summed E-state index contributed by atoms with van der Waals surface area (Å²) >= 11 is 5.73. The van der Waals surface area contributed by atoms with Crippen LogP contribution in [0, 0.1) is 5.82 Å². The predicted octanol–water partition coefficient (Wildman–Crippen LogP) is 1.65. The second-order valence-corrected chi connectivity index (χ2v) is 4.01. The summed E-state index contributed by atoms with van der Waals surface area (Å²) in [5, 5.41) is 3.33. The van der Waals surface area contributed by atoms with Crippen molar-refractivity contribution < 1.29 is 13.9 Å². The van der Waals surface area contributed by atoms with Crippen molar-refractivity contribution in [3.63, 3.8) is 0 Å². The van der Waals surface area contributed by atoms with Crippen LogP contribution in [0.15, 0.2) is 18.2 Å². The summed E-state index contributed by atoms with van der Waals surface area (Å²) in [6.45, 7) is 1.44. The Hall–Kier alpha value is -0.970. The molecule has 1 saturated heterocycles. The molecule has 0 bridgehead atoms. The number of ether oxygens (including phenoxy) is 1. The molecule has 5 heteroatoms. The minimum atomic E-state index is -0.554. The number of Topliss-reactive ketones (excluding diaryl/α,β-unsaturated/α-hetero) is 1. The summed E-state index contributed by atoms with van der Waals surface area (Å²) in [6.07, 6.45) is 0. The number of nitrogens with one attached hydrogen (secondary N) is 1. The smallest absolute Gasteiger partial charge is 0.185 e. The minimum Gasteiger partial charge on any atom is -0.378 e. The summed E-state index contributed by atoms with van der Waals surface area (Å²) in [5.41, 5.74) is 0.00972. The SMILES string of the molecule is O=C(c1cc(Cl)ccc1F)C1COCCN1. The Balaban J connectivity index is 2.22. The Bertz CT molecular complexity index is 405. The molecule has 0 radical (unpaired) electrons. The second-order valence-electron chi connectivity index (χ2n) is 3.57. The zero-order valence-electron chi connectivity index (χ0n) is 8.50. The molecule has 0 spiro atoms. The molecule has 86 valence electrons. The Kier molecular flexibility index (Phi) is 3.53. The molecule has 0 amide bonds. The van der Waals surface area contributed by atoms with Gasteiger partial charge in [0.2, 0.25) is 0 Å². The van der Waals surface area contributed by atoms with Gasteiger partial charge in [0.15, 0.2) is 5.78 Å². The summed E-state index contributed by atoms with van der Waals surface area (Å²) in [7, 11) is 0. The fourth-order valence-electron chi connectivity index (χ4n) is 1.61. The van der Waals surface area contributed by atoms with Gasteiger partial charge in [0, 0.05) is 11.6 Å². The molecule has 16 heavy (non-hydrogen) atoms. The van der Waals surface area contributed by atoms with E-state index in [0.29, 0.717) is 18.2 Å². The van der Waals surface area contributed by atoms with Crippen LogP contribution in [-0.4, -0.2) is 31.6 Å². The maximum atomic E-state index is 13.4. The molecular weight excluding hydrogens is 233 g/mol. The van der Waals surface area contributed by atoms with Gasteiger partial charge >= 0.3 is 0 Å². The van der Waals surface area contributed by atoms with E-state index in [1.54, 1.807) is 0 Å². The third-order valence-corrected chi connectivity index (χ3v) is 2.67. The molecule has 1 fully saturated rings. The average Bonchev–Trinajstić information content (AvgIpc) is 2.32. The molecule has 1 aliphatic rings. The number of hydrogen-bond acceptors (Lipinski definition) is 3. The Morgan fingerprint density at radius 2 is 2.38 bits per heavy atom. The van der Waals surface area contributed by atoms with Gasteiger partial charge in [-0.3, -0.25) is 4.79 Å². The number of hydrogen-bond donors (Lipinski definition) is 1. The first-order chi connectivity index (χ1) is 7.68. The van der Waals surface area contributed by atoms with E-state index in [1.807, 2.05) is 0 Å². The molecule has 1 heterocycles. The van der Waals surface area contributed by atoms with E-state index in [1.165, 1.54) is 18.2 Å². The van der Waals surface area contributed by atoms with Crippen LogP contribution in [0.1, 0.15) is 10.4 Å². The van der Waals surface area contributed by atoms with E-state index in [0.717, 1.165) is 0 Å². The Morgan fingerprint density at radius 3 is 3.06 bits per heavy atom. The van der Waals surface area contributed by atoms with Gasteiger partial charge in [0.05, 0.1) is 24.8 Å². The summed E-state index contributed by atoms with van der Waals surface area (Å²) < 4.78 is 18.6. The van der Waals surface area contributed by atoms with Crippen LogP contribution in [0.5, 0.6) is 0 Å². The summed E-state index contributed by atoms with van der Waals surface area (Å²) in [6, 6.07) is 3.47. The van der Waals surface area contributed by atoms with Gasteiger partial charge < -0.3 is 10.1 Å². The number of halogens is 2. The van der Waals surface area contributed by atoms with Crippen LogP contribution in [0.3, 0.4) is 0 Å². The second kappa shape index (κ2) is 4.91. The summed E-state index contributed by atoms with van der Waals surface area (Å²) in [4.78, 5) is 11.9. The first-order valence-corrected chi connectivity index (χ1v) is 5.36. The molecule has 1 atom stereocenters. The minimum absolute atomic E-state index is 0.00972. The first kappa shape index (κ1) is 11.5. The monoisotopic (exact) mass is 243 g/mol. The number of rotatable bonds is 2. The van der Waals surface area contributed by atoms with Crippen LogP contribution in [0.25, 0.3) is 0 Å². The Morgan fingerprint density at radius 1 is 1.56 bits per heavy atom. The van der Waals surface area contributed by atoms with Crippen LogP contribution in [-0.2, 0) is 4.74 Å². The number of benzene rings is 1. The van der Waals surface area contributed by atoms with Crippen LogP contribution in [0.2, 0.25) is 5.02 Å². The van der Waals surface area contributed by atoms with Crippen molar-refractivity contribution in [1.82, 2.24) is 5.32 Å². The van der Waals surface area contributed by atoms with Crippen molar-refractivity contribution in [2.45, 2.75) is 6.04 Å². The molecular formula is C11H11ClFNO2. The highest BCUT2D eigenvalue weighted by Gasteiger charge is 2.24. The van der Waals surface area contributed by atoms with Crippen LogP contribution < -0.4 is 5.32 Å². The van der Waals surface area contributed by atoms with Gasteiger partial charge in [-0.15, -0.1) is 0 Å². The molecule has 1 aromatic carbocycles. The number of morpholine rings is 1. The van der Waals surface area contributed by atoms with Gasteiger partial charge in [0.25, 0.3) is 0 Å². The van der Waals surface area contributed by atoms with Crippen LogP contribution in [0.4, 0.5) is 4.39 Å². The average molecular weight is 244 g/mol. The van der Waals surface area contributed by atoms with Gasteiger partial charge in [-0.2, -0.15) is 0 Å². The van der Waals surface area contributed by atoms with Crippen molar-refractivity contribution in [3.05, 3.63) is 34.6 Å².